The quantitative estimate of drug-likeness (QED) is 0.502. The molecular formula is C28H42N2O4S. The fourth-order valence-electron chi connectivity index (χ4n) is 3.90. The highest BCUT2D eigenvalue weighted by atomic mass is 32.2. The van der Waals surface area contributed by atoms with Crippen LogP contribution in [-0.2, 0) is 9.84 Å². The van der Waals surface area contributed by atoms with Crippen LogP contribution in [0.25, 0.3) is 0 Å². The Balaban J connectivity index is 0.000000587. The summed E-state index contributed by atoms with van der Waals surface area (Å²) in [6.07, 6.45) is 6.37. The molecule has 7 heteroatoms. The Morgan fingerprint density at radius 1 is 0.914 bits per heavy atom. The fourth-order valence-corrected chi connectivity index (χ4v) is 3.90. The Hall–Kier alpha value is -2.67. The first-order valence-electron chi connectivity index (χ1n) is 12.5. The summed E-state index contributed by atoms with van der Waals surface area (Å²) in [6.45, 7) is 9.59. The Kier molecular flexibility index (Phi) is 12.7. The van der Waals surface area contributed by atoms with Crippen LogP contribution in [0, 0.1) is 5.92 Å². The summed E-state index contributed by atoms with van der Waals surface area (Å²) in [5, 5.41) is 5.26. The van der Waals surface area contributed by atoms with E-state index < -0.39 is 9.84 Å². The van der Waals surface area contributed by atoms with E-state index in [1.165, 1.54) is 37.5 Å². The summed E-state index contributed by atoms with van der Waals surface area (Å²) < 4.78 is 20.7. The van der Waals surface area contributed by atoms with Crippen molar-refractivity contribution in [2.45, 2.75) is 71.5 Å². The fraction of sp³-hybridized carbons (Fsp3) is 0.500. The molecule has 1 fully saturated rings. The Labute approximate surface area is 211 Å². The summed E-state index contributed by atoms with van der Waals surface area (Å²) in [4.78, 5) is 24.0. The molecule has 0 heterocycles. The number of rotatable bonds is 6. The first-order chi connectivity index (χ1) is 16.6. The first kappa shape index (κ1) is 30.4. The minimum absolute atomic E-state index is 0.162. The summed E-state index contributed by atoms with van der Waals surface area (Å²) in [7, 11) is -1.16. The van der Waals surface area contributed by atoms with Gasteiger partial charge in [-0.05, 0) is 80.5 Å². The van der Waals surface area contributed by atoms with Crippen molar-refractivity contribution in [1.29, 1.82) is 0 Å². The first-order valence-corrected chi connectivity index (χ1v) is 14.4. The maximum absolute atomic E-state index is 12.4. The Morgan fingerprint density at radius 3 is 1.83 bits per heavy atom. The number of hydrogen-bond acceptors (Lipinski definition) is 4. The second-order valence-electron chi connectivity index (χ2n) is 8.82. The maximum Gasteiger partial charge on any atom is 0.255 e. The van der Waals surface area contributed by atoms with Crippen LogP contribution in [-0.4, -0.2) is 38.8 Å². The van der Waals surface area contributed by atoms with Crippen LogP contribution in [0.4, 0.5) is 5.69 Å². The van der Waals surface area contributed by atoms with Crippen molar-refractivity contribution in [2.24, 2.45) is 5.92 Å². The van der Waals surface area contributed by atoms with Gasteiger partial charge >= 0.3 is 0 Å². The van der Waals surface area contributed by atoms with E-state index in [1.54, 1.807) is 45.2 Å². The molecular weight excluding hydrogens is 460 g/mol. The van der Waals surface area contributed by atoms with Gasteiger partial charge in [0.05, 0.1) is 5.25 Å². The van der Waals surface area contributed by atoms with Crippen molar-refractivity contribution < 1.29 is 18.0 Å². The average Bonchev–Trinajstić information content (AvgIpc) is 3.34. The lowest BCUT2D eigenvalue weighted by Gasteiger charge is -2.18. The second-order valence-corrected chi connectivity index (χ2v) is 11.4. The predicted octanol–water partition coefficient (Wildman–Crippen LogP) is 6.06. The minimum Gasteiger partial charge on any atom is -0.355 e. The molecule has 2 unspecified atom stereocenters. The largest absolute Gasteiger partial charge is 0.355 e. The van der Waals surface area contributed by atoms with Crippen LogP contribution in [0.1, 0.15) is 92.5 Å². The number of carbonyl (C=O) groups is 2. The van der Waals surface area contributed by atoms with E-state index >= 15 is 0 Å². The van der Waals surface area contributed by atoms with Crippen molar-refractivity contribution in [3.8, 4) is 0 Å². The Morgan fingerprint density at radius 2 is 1.40 bits per heavy atom. The third-order valence-corrected chi connectivity index (χ3v) is 7.99. The van der Waals surface area contributed by atoms with Gasteiger partial charge in [-0.1, -0.05) is 45.7 Å². The third-order valence-electron chi connectivity index (χ3n) is 6.27. The summed E-state index contributed by atoms with van der Waals surface area (Å²) in [5.41, 5.74) is 3.24. The van der Waals surface area contributed by atoms with E-state index in [0.29, 0.717) is 17.0 Å². The zero-order valence-electron chi connectivity index (χ0n) is 22.2. The number of carbonyl (C=O) groups excluding carboxylic acids is 2. The van der Waals surface area contributed by atoms with E-state index in [9.17, 15) is 18.0 Å². The molecule has 1 aliphatic rings. The van der Waals surface area contributed by atoms with Gasteiger partial charge in [-0.15, -0.1) is 0 Å². The van der Waals surface area contributed by atoms with Crippen molar-refractivity contribution >= 4 is 27.3 Å². The number of nitrogens with one attached hydrogen (secondary N) is 2. The highest BCUT2D eigenvalue weighted by Crippen LogP contribution is 2.41. The highest BCUT2D eigenvalue weighted by molar-refractivity contribution is 7.91. The summed E-state index contributed by atoms with van der Waals surface area (Å²) in [6, 6.07) is 14.9. The van der Waals surface area contributed by atoms with Gasteiger partial charge < -0.3 is 10.6 Å². The summed E-state index contributed by atoms with van der Waals surface area (Å²) >= 11 is 0. The second kappa shape index (κ2) is 14.7. The van der Waals surface area contributed by atoms with E-state index in [2.05, 4.69) is 29.7 Å². The molecule has 2 aromatic carbocycles. The molecule has 35 heavy (non-hydrogen) atoms. The number of amides is 2. The van der Waals surface area contributed by atoms with Crippen molar-refractivity contribution in [2.75, 3.05) is 18.6 Å². The van der Waals surface area contributed by atoms with Crippen LogP contribution in [0.2, 0.25) is 0 Å². The molecule has 0 saturated heterocycles. The van der Waals surface area contributed by atoms with Gasteiger partial charge in [0.2, 0.25) is 0 Å². The molecule has 3 rings (SSSR count). The van der Waals surface area contributed by atoms with E-state index in [4.69, 9.17) is 0 Å². The summed E-state index contributed by atoms with van der Waals surface area (Å²) in [5.74, 6) is 1.11. The normalized spacial score (nSPS) is 16.9. The van der Waals surface area contributed by atoms with Crippen LogP contribution in [0.3, 0.4) is 0 Å². The molecule has 0 bridgehead atoms. The number of benzene rings is 2. The zero-order valence-corrected chi connectivity index (χ0v) is 23.0. The van der Waals surface area contributed by atoms with Gasteiger partial charge in [-0.2, -0.15) is 0 Å². The van der Waals surface area contributed by atoms with Gasteiger partial charge in [0, 0.05) is 30.1 Å². The zero-order chi connectivity index (χ0) is 26.6. The molecule has 2 N–H and O–H groups in total. The monoisotopic (exact) mass is 502 g/mol. The topological polar surface area (TPSA) is 92.3 Å². The molecule has 2 aromatic rings. The highest BCUT2D eigenvalue weighted by Gasteiger charge is 2.26. The van der Waals surface area contributed by atoms with Crippen LogP contribution in [0.5, 0.6) is 0 Å². The van der Waals surface area contributed by atoms with Crippen molar-refractivity contribution in [1.82, 2.24) is 5.32 Å². The van der Waals surface area contributed by atoms with Crippen molar-refractivity contribution in [3.05, 3.63) is 65.2 Å². The molecule has 2 amide bonds. The Bertz CT molecular complexity index is 1030. The van der Waals surface area contributed by atoms with Crippen LogP contribution in [0.15, 0.2) is 48.5 Å². The number of hydrogen-bond donors (Lipinski definition) is 2. The van der Waals surface area contributed by atoms with Gasteiger partial charge in [0.1, 0.15) is 9.84 Å². The minimum atomic E-state index is -2.74. The lowest BCUT2D eigenvalue weighted by atomic mass is 9.87. The average molecular weight is 503 g/mol. The smallest absolute Gasteiger partial charge is 0.255 e. The van der Waals surface area contributed by atoms with Crippen LogP contribution < -0.4 is 10.6 Å². The molecule has 1 saturated carbocycles. The molecule has 0 radical (unpaired) electrons. The van der Waals surface area contributed by atoms with Gasteiger partial charge in [0.25, 0.3) is 11.8 Å². The maximum atomic E-state index is 12.4. The van der Waals surface area contributed by atoms with Crippen molar-refractivity contribution in [3.63, 3.8) is 0 Å². The number of sulfone groups is 1. The van der Waals surface area contributed by atoms with E-state index in [1.807, 2.05) is 26.0 Å². The molecule has 0 aliphatic heterocycles. The van der Waals surface area contributed by atoms with E-state index in [0.717, 1.165) is 11.6 Å². The SMILES string of the molecule is CC.CC(C)S(C)(=O)=O.CCC1CCCC1c1ccc(NC(=O)c2ccc(C(=O)NC)cc2)cc1. The van der Waals surface area contributed by atoms with E-state index in [-0.39, 0.29) is 17.1 Å². The van der Waals surface area contributed by atoms with Gasteiger partial charge in [-0.25, -0.2) is 8.42 Å². The third kappa shape index (κ3) is 9.48. The lowest BCUT2D eigenvalue weighted by molar-refractivity contribution is 0.0961. The van der Waals surface area contributed by atoms with Gasteiger partial charge in [-0.3, -0.25) is 9.59 Å². The molecule has 0 spiro atoms. The van der Waals surface area contributed by atoms with Crippen LogP contribution >= 0.6 is 0 Å². The standard InChI is InChI=1S/C22H26N2O2.C4H10O2S.C2H6/c1-3-15-5-4-6-20(15)16-11-13-19(14-12-16)24-22(26)18-9-7-17(8-10-18)21(25)23-2;1-4(2)7(3,5)6;1-2/h7-15,20H,3-6H2,1-2H3,(H,23,25)(H,24,26);4H,1-3H3;1-2H3. The molecule has 0 aromatic heterocycles. The predicted molar refractivity (Wildman–Crippen MR) is 146 cm³/mol. The lowest BCUT2D eigenvalue weighted by Crippen LogP contribution is -2.18. The molecule has 6 nitrogen and oxygen atoms in total. The number of anilines is 1. The molecule has 1 aliphatic carbocycles. The molecule has 2 atom stereocenters. The van der Waals surface area contributed by atoms with Gasteiger partial charge in [0.15, 0.2) is 0 Å². The molecule has 194 valence electrons.